The van der Waals surface area contributed by atoms with Gasteiger partial charge in [0, 0.05) is 23.2 Å². The first-order valence-electron chi connectivity index (χ1n) is 6.73. The molecule has 0 unspecified atom stereocenters. The molecule has 6 nitrogen and oxygen atoms in total. The molecule has 22 heavy (non-hydrogen) atoms. The Morgan fingerprint density at radius 1 is 1.36 bits per heavy atom. The summed E-state index contributed by atoms with van der Waals surface area (Å²) in [5.74, 6) is 0. The van der Waals surface area contributed by atoms with Crippen molar-refractivity contribution in [2.45, 2.75) is 25.7 Å². The highest BCUT2D eigenvalue weighted by Gasteiger charge is 2.23. The minimum absolute atomic E-state index is 0.290. The number of aromatic nitrogens is 2. The zero-order chi connectivity index (χ0) is 16.2. The number of nitrogens with one attached hydrogen (secondary N) is 1. The fourth-order valence-corrected chi connectivity index (χ4v) is 2.14. The van der Waals surface area contributed by atoms with Gasteiger partial charge in [-0.25, -0.2) is 9.78 Å². The summed E-state index contributed by atoms with van der Waals surface area (Å²) in [7, 11) is 0. The van der Waals surface area contributed by atoms with Gasteiger partial charge in [0.25, 0.3) is 0 Å². The monoisotopic (exact) mass is 296 g/mol. The molecule has 2 rings (SSSR count). The fraction of sp³-hybridized carbons (Fsp3) is 0.250. The molecule has 0 spiro atoms. The first-order valence-corrected chi connectivity index (χ1v) is 6.73. The van der Waals surface area contributed by atoms with Crippen molar-refractivity contribution in [3.8, 4) is 6.07 Å². The molecule has 2 aromatic heterocycles. The third kappa shape index (κ3) is 3.79. The van der Waals surface area contributed by atoms with E-state index in [0.717, 1.165) is 11.4 Å². The summed E-state index contributed by atoms with van der Waals surface area (Å²) in [6, 6.07) is 10.9. The summed E-state index contributed by atoms with van der Waals surface area (Å²) < 4.78 is 0. The van der Waals surface area contributed by atoms with Crippen LogP contribution in [0.5, 0.6) is 0 Å². The predicted molar refractivity (Wildman–Crippen MR) is 81.6 cm³/mol. The van der Waals surface area contributed by atoms with Gasteiger partial charge in [0.2, 0.25) is 0 Å². The van der Waals surface area contributed by atoms with Crippen LogP contribution in [-0.4, -0.2) is 21.2 Å². The van der Waals surface area contributed by atoms with Crippen LogP contribution in [-0.2, 0) is 11.8 Å². The topological polar surface area (TPSA) is 98.9 Å². The van der Waals surface area contributed by atoms with E-state index >= 15 is 0 Å². The lowest BCUT2D eigenvalue weighted by Crippen LogP contribution is -2.23. The lowest BCUT2D eigenvalue weighted by molar-refractivity contribution is 0.209. The van der Waals surface area contributed by atoms with Crippen molar-refractivity contribution in [2.24, 2.45) is 0 Å². The summed E-state index contributed by atoms with van der Waals surface area (Å²) in [4.78, 5) is 19.2. The van der Waals surface area contributed by atoms with Gasteiger partial charge in [0.1, 0.15) is 11.8 Å². The molecule has 0 atom stereocenters. The first-order chi connectivity index (χ1) is 10.4. The highest BCUT2D eigenvalue weighted by Crippen LogP contribution is 2.26. The summed E-state index contributed by atoms with van der Waals surface area (Å²) in [5, 5.41) is 19.8. The number of carboxylic acid groups (broad SMARTS) is 1. The molecule has 112 valence electrons. The first kappa shape index (κ1) is 15.4. The van der Waals surface area contributed by atoms with Crippen LogP contribution in [0.4, 0.5) is 10.5 Å². The van der Waals surface area contributed by atoms with E-state index in [-0.39, 0.29) is 5.41 Å². The Morgan fingerprint density at radius 3 is 2.73 bits per heavy atom. The molecule has 0 saturated heterocycles. The summed E-state index contributed by atoms with van der Waals surface area (Å²) in [6.45, 7) is 4.06. The van der Waals surface area contributed by atoms with Crippen LogP contribution in [0.2, 0.25) is 0 Å². The number of hydrogen-bond acceptors (Lipinski definition) is 4. The standard InChI is InChI=1S/C16H16N4O2/c1-16(2,14-5-3-4-12(9-17)19-14)8-11-6-7-13(10-18-11)20-15(21)22/h3-7,10,20H,8H2,1-2H3,(H,21,22). The van der Waals surface area contributed by atoms with E-state index in [2.05, 4.69) is 15.3 Å². The average Bonchev–Trinajstić information content (AvgIpc) is 2.48. The second kappa shape index (κ2) is 6.22. The minimum Gasteiger partial charge on any atom is -0.465 e. The third-order valence-electron chi connectivity index (χ3n) is 3.26. The van der Waals surface area contributed by atoms with Crippen LogP contribution in [0, 0.1) is 11.3 Å². The number of hydrogen-bond donors (Lipinski definition) is 2. The van der Waals surface area contributed by atoms with Crippen molar-refractivity contribution >= 4 is 11.8 Å². The Hall–Kier alpha value is -2.94. The van der Waals surface area contributed by atoms with Gasteiger partial charge in [-0.15, -0.1) is 0 Å². The van der Waals surface area contributed by atoms with E-state index < -0.39 is 6.09 Å². The number of nitriles is 1. The predicted octanol–water partition coefficient (Wildman–Crippen LogP) is 2.96. The quantitative estimate of drug-likeness (QED) is 0.903. The molecule has 2 aromatic rings. The highest BCUT2D eigenvalue weighted by atomic mass is 16.4. The third-order valence-corrected chi connectivity index (χ3v) is 3.26. The zero-order valence-electron chi connectivity index (χ0n) is 12.4. The van der Waals surface area contributed by atoms with Gasteiger partial charge in [-0.1, -0.05) is 19.9 Å². The number of pyridine rings is 2. The van der Waals surface area contributed by atoms with Crippen LogP contribution in [0.1, 0.15) is 30.9 Å². The number of anilines is 1. The van der Waals surface area contributed by atoms with E-state index in [4.69, 9.17) is 10.4 Å². The van der Waals surface area contributed by atoms with Gasteiger partial charge >= 0.3 is 6.09 Å². The van der Waals surface area contributed by atoms with E-state index in [1.54, 1.807) is 18.2 Å². The number of amides is 1. The smallest absolute Gasteiger partial charge is 0.409 e. The lowest BCUT2D eigenvalue weighted by atomic mass is 9.83. The van der Waals surface area contributed by atoms with Gasteiger partial charge in [-0.3, -0.25) is 10.3 Å². The molecular formula is C16H16N4O2. The Morgan fingerprint density at radius 2 is 2.14 bits per heavy atom. The maximum Gasteiger partial charge on any atom is 0.409 e. The summed E-state index contributed by atoms with van der Waals surface area (Å²) in [5.41, 5.74) is 2.17. The molecule has 0 radical (unpaired) electrons. The maximum atomic E-state index is 10.6. The van der Waals surface area contributed by atoms with Crippen molar-refractivity contribution in [1.29, 1.82) is 5.26 Å². The van der Waals surface area contributed by atoms with Crippen LogP contribution in [0.25, 0.3) is 0 Å². The van der Waals surface area contributed by atoms with Crippen molar-refractivity contribution in [1.82, 2.24) is 9.97 Å². The summed E-state index contributed by atoms with van der Waals surface area (Å²) in [6.07, 6.45) is 0.994. The molecule has 0 aliphatic rings. The van der Waals surface area contributed by atoms with Crippen molar-refractivity contribution < 1.29 is 9.90 Å². The van der Waals surface area contributed by atoms with Gasteiger partial charge in [-0.2, -0.15) is 5.26 Å². The molecule has 0 aliphatic heterocycles. The zero-order valence-corrected chi connectivity index (χ0v) is 12.4. The molecule has 0 fully saturated rings. The number of rotatable bonds is 4. The highest BCUT2D eigenvalue weighted by molar-refractivity contribution is 5.82. The minimum atomic E-state index is -1.12. The van der Waals surface area contributed by atoms with Crippen molar-refractivity contribution in [3.63, 3.8) is 0 Å². The van der Waals surface area contributed by atoms with Crippen LogP contribution in [0.15, 0.2) is 36.5 Å². The fourth-order valence-electron chi connectivity index (χ4n) is 2.14. The van der Waals surface area contributed by atoms with E-state index in [1.165, 1.54) is 6.20 Å². The van der Waals surface area contributed by atoms with Crippen LogP contribution >= 0.6 is 0 Å². The van der Waals surface area contributed by atoms with Gasteiger partial charge < -0.3 is 5.11 Å². The SMILES string of the molecule is CC(C)(Cc1ccc(NC(=O)O)cn1)c1cccc(C#N)n1. The second-order valence-corrected chi connectivity index (χ2v) is 5.55. The van der Waals surface area contributed by atoms with Crippen LogP contribution < -0.4 is 5.32 Å². The van der Waals surface area contributed by atoms with E-state index in [9.17, 15) is 4.79 Å². The van der Waals surface area contributed by atoms with Crippen LogP contribution in [0.3, 0.4) is 0 Å². The Kier molecular flexibility index (Phi) is 4.37. The molecule has 2 N–H and O–H groups in total. The number of nitrogens with zero attached hydrogens (tertiary/aromatic N) is 3. The average molecular weight is 296 g/mol. The summed E-state index contributed by atoms with van der Waals surface area (Å²) >= 11 is 0. The van der Waals surface area contributed by atoms with Gasteiger partial charge in [0.05, 0.1) is 11.9 Å². The maximum absolute atomic E-state index is 10.6. The van der Waals surface area contributed by atoms with E-state index in [0.29, 0.717) is 17.8 Å². The lowest BCUT2D eigenvalue weighted by Gasteiger charge is -2.23. The number of carbonyl (C=O) groups is 1. The largest absolute Gasteiger partial charge is 0.465 e. The molecule has 0 saturated carbocycles. The molecular weight excluding hydrogens is 280 g/mol. The van der Waals surface area contributed by atoms with Gasteiger partial charge in [-0.05, 0) is 24.3 Å². The van der Waals surface area contributed by atoms with Crippen molar-refractivity contribution in [3.05, 3.63) is 53.6 Å². The van der Waals surface area contributed by atoms with Gasteiger partial charge in [0.15, 0.2) is 0 Å². The van der Waals surface area contributed by atoms with Crippen molar-refractivity contribution in [2.75, 3.05) is 5.32 Å². The Labute approximate surface area is 128 Å². The normalized spacial score (nSPS) is 10.8. The molecule has 0 bridgehead atoms. The molecule has 0 aromatic carbocycles. The second-order valence-electron chi connectivity index (χ2n) is 5.55. The molecule has 0 aliphatic carbocycles. The molecule has 1 amide bonds. The molecule has 2 heterocycles. The Balaban J connectivity index is 2.17. The van der Waals surface area contributed by atoms with E-state index in [1.807, 2.05) is 32.0 Å². The molecule has 6 heteroatoms. The Bertz CT molecular complexity index is 718.